The van der Waals surface area contributed by atoms with Crippen molar-refractivity contribution in [2.24, 2.45) is 5.92 Å². The maximum atomic E-state index is 13.1. The topological polar surface area (TPSA) is 47.4 Å². The van der Waals surface area contributed by atoms with Gasteiger partial charge in [-0.25, -0.2) is 4.98 Å². The van der Waals surface area contributed by atoms with E-state index in [0.717, 1.165) is 41.0 Å². The molecule has 0 aliphatic carbocycles. The van der Waals surface area contributed by atoms with Crippen molar-refractivity contribution >= 4 is 21.8 Å². The smallest absolute Gasteiger partial charge is 0.290 e. The van der Waals surface area contributed by atoms with Crippen LogP contribution in [-0.4, -0.2) is 40.1 Å². The molecule has 0 spiro atoms. The normalized spacial score (nSPS) is 13.3. The summed E-state index contributed by atoms with van der Waals surface area (Å²) in [5.41, 5.74) is 4.29. The highest BCUT2D eigenvalue weighted by molar-refractivity contribution is 9.10. The molecule has 1 aromatic carbocycles. The maximum Gasteiger partial charge on any atom is 0.290 e. The average Bonchev–Trinajstić information content (AvgIpc) is 2.95. The van der Waals surface area contributed by atoms with Crippen LogP contribution in [0.1, 0.15) is 56.4 Å². The van der Waals surface area contributed by atoms with Crippen LogP contribution in [0, 0.1) is 5.92 Å². The summed E-state index contributed by atoms with van der Waals surface area (Å²) in [6, 6.07) is 4.37. The van der Waals surface area contributed by atoms with Crippen molar-refractivity contribution in [2.45, 2.75) is 59.5 Å². The second kappa shape index (κ2) is 7.54. The lowest BCUT2D eigenvalue weighted by molar-refractivity contribution is 0.0637. The fourth-order valence-corrected chi connectivity index (χ4v) is 4.23. The number of hydrogen-bond acceptors (Lipinski definition) is 3. The zero-order chi connectivity index (χ0) is 20.8. The number of rotatable bonds is 4. The van der Waals surface area contributed by atoms with Crippen LogP contribution in [-0.2, 0) is 19.4 Å². The minimum atomic E-state index is -0.264. The van der Waals surface area contributed by atoms with E-state index >= 15 is 0 Å². The number of amides is 1. The molecular formula is C22H30BrN3O2. The standard InChI is InChI=1S/C22H30BrN3O2/c1-13(2)10-15-11-16-14(12-17(15)28-7)8-9-26-18(16)19(23)24-20(26)21(27)25(6)22(3,4)5/h11-13H,8-10H2,1-7H3. The maximum absolute atomic E-state index is 13.1. The van der Waals surface area contributed by atoms with Gasteiger partial charge < -0.3 is 14.2 Å². The van der Waals surface area contributed by atoms with E-state index in [1.165, 1.54) is 11.1 Å². The fourth-order valence-electron chi connectivity index (χ4n) is 3.63. The first-order valence-corrected chi connectivity index (χ1v) is 10.6. The van der Waals surface area contributed by atoms with Crippen molar-refractivity contribution in [3.8, 4) is 17.0 Å². The van der Waals surface area contributed by atoms with Crippen LogP contribution in [0.5, 0.6) is 5.75 Å². The predicted octanol–water partition coefficient (Wildman–Crippen LogP) is 4.95. The highest BCUT2D eigenvalue weighted by Gasteiger charge is 2.32. The van der Waals surface area contributed by atoms with Crippen LogP contribution in [0.4, 0.5) is 0 Å². The van der Waals surface area contributed by atoms with Gasteiger partial charge in [0.15, 0.2) is 0 Å². The van der Waals surface area contributed by atoms with Gasteiger partial charge >= 0.3 is 0 Å². The van der Waals surface area contributed by atoms with Crippen LogP contribution in [0.15, 0.2) is 16.7 Å². The number of carbonyl (C=O) groups is 1. The van der Waals surface area contributed by atoms with Gasteiger partial charge in [0.2, 0.25) is 5.82 Å². The van der Waals surface area contributed by atoms with Crippen molar-refractivity contribution in [1.82, 2.24) is 14.5 Å². The Balaban J connectivity index is 2.12. The van der Waals surface area contributed by atoms with Crippen LogP contribution >= 0.6 is 15.9 Å². The molecule has 6 heteroatoms. The molecule has 2 heterocycles. The van der Waals surface area contributed by atoms with Gasteiger partial charge in [0.25, 0.3) is 5.91 Å². The molecule has 0 atom stereocenters. The predicted molar refractivity (Wildman–Crippen MR) is 116 cm³/mol. The first-order chi connectivity index (χ1) is 13.0. The lowest BCUT2D eigenvalue weighted by atomic mass is 9.92. The van der Waals surface area contributed by atoms with Crippen LogP contribution in [0.2, 0.25) is 0 Å². The molecule has 1 aliphatic rings. The number of aryl methyl sites for hydroxylation is 1. The summed E-state index contributed by atoms with van der Waals surface area (Å²) < 4.78 is 8.43. The minimum Gasteiger partial charge on any atom is -0.496 e. The number of halogens is 1. The molecule has 1 aliphatic heterocycles. The summed E-state index contributed by atoms with van der Waals surface area (Å²) in [6.45, 7) is 11.2. The minimum absolute atomic E-state index is 0.0567. The summed E-state index contributed by atoms with van der Waals surface area (Å²) in [5.74, 6) is 1.91. The van der Waals surface area contributed by atoms with E-state index in [1.54, 1.807) is 12.0 Å². The van der Waals surface area contributed by atoms with Gasteiger partial charge in [-0.2, -0.15) is 0 Å². The number of hydrogen-bond donors (Lipinski definition) is 0. The molecule has 0 saturated heterocycles. The number of nitrogens with zero attached hydrogens (tertiary/aromatic N) is 3. The molecule has 0 fully saturated rings. The molecule has 0 bridgehead atoms. The Bertz CT molecular complexity index is 909. The van der Waals surface area contributed by atoms with E-state index in [9.17, 15) is 4.79 Å². The van der Waals surface area contributed by atoms with Gasteiger partial charge in [0, 0.05) is 24.7 Å². The Hall–Kier alpha value is -1.82. The third-order valence-electron chi connectivity index (χ3n) is 5.42. The van der Waals surface area contributed by atoms with Gasteiger partial charge in [-0.3, -0.25) is 4.79 Å². The summed E-state index contributed by atoms with van der Waals surface area (Å²) in [7, 11) is 3.56. The third-order valence-corrected chi connectivity index (χ3v) is 5.97. The third kappa shape index (κ3) is 3.71. The van der Waals surface area contributed by atoms with E-state index in [0.29, 0.717) is 11.7 Å². The fraction of sp³-hybridized carbons (Fsp3) is 0.545. The Labute approximate surface area is 176 Å². The van der Waals surface area contributed by atoms with E-state index < -0.39 is 0 Å². The Kier molecular flexibility index (Phi) is 5.63. The number of methoxy groups -OCH3 is 1. The number of carbonyl (C=O) groups excluding carboxylic acids is 1. The molecular weight excluding hydrogens is 418 g/mol. The molecule has 0 radical (unpaired) electrons. The van der Waals surface area contributed by atoms with Crippen molar-refractivity contribution in [2.75, 3.05) is 14.2 Å². The van der Waals surface area contributed by atoms with Crippen LogP contribution < -0.4 is 4.74 Å². The van der Waals surface area contributed by atoms with Crippen molar-refractivity contribution in [3.63, 3.8) is 0 Å². The molecule has 1 amide bonds. The van der Waals surface area contributed by atoms with Crippen LogP contribution in [0.3, 0.4) is 0 Å². The molecule has 5 nitrogen and oxygen atoms in total. The Morgan fingerprint density at radius 3 is 2.61 bits per heavy atom. The summed E-state index contributed by atoms with van der Waals surface area (Å²) >= 11 is 3.62. The van der Waals surface area contributed by atoms with Gasteiger partial charge in [0.05, 0.1) is 12.8 Å². The Morgan fingerprint density at radius 2 is 2.04 bits per heavy atom. The largest absolute Gasteiger partial charge is 0.496 e. The van der Waals surface area contributed by atoms with E-state index in [-0.39, 0.29) is 11.4 Å². The van der Waals surface area contributed by atoms with Crippen molar-refractivity contribution in [3.05, 3.63) is 33.7 Å². The SMILES string of the molecule is COc1cc2c(cc1CC(C)C)-c1c(Br)nc(C(=O)N(C)C(C)(C)C)n1CC2. The van der Waals surface area contributed by atoms with Gasteiger partial charge in [0.1, 0.15) is 10.4 Å². The highest BCUT2D eigenvalue weighted by atomic mass is 79.9. The second-order valence-corrected chi connectivity index (χ2v) is 9.68. The molecule has 0 unspecified atom stereocenters. The number of aromatic nitrogens is 2. The van der Waals surface area contributed by atoms with Crippen molar-refractivity contribution < 1.29 is 9.53 Å². The number of imidazole rings is 1. The summed E-state index contributed by atoms with van der Waals surface area (Å²) in [6.07, 6.45) is 1.80. The van der Waals surface area contributed by atoms with E-state index in [2.05, 4.69) is 51.5 Å². The van der Waals surface area contributed by atoms with Gasteiger partial charge in [-0.15, -0.1) is 0 Å². The molecule has 0 N–H and O–H groups in total. The Morgan fingerprint density at radius 1 is 1.36 bits per heavy atom. The molecule has 152 valence electrons. The average molecular weight is 448 g/mol. The monoisotopic (exact) mass is 447 g/mol. The second-order valence-electron chi connectivity index (χ2n) is 8.93. The van der Waals surface area contributed by atoms with E-state index in [1.807, 2.05) is 27.8 Å². The number of benzene rings is 1. The molecule has 3 rings (SSSR count). The highest BCUT2D eigenvalue weighted by Crippen LogP contribution is 2.40. The zero-order valence-corrected chi connectivity index (χ0v) is 19.5. The summed E-state index contributed by atoms with van der Waals surface area (Å²) in [5, 5.41) is 0. The first kappa shape index (κ1) is 20.9. The zero-order valence-electron chi connectivity index (χ0n) is 17.9. The lowest BCUT2D eigenvalue weighted by Gasteiger charge is -2.32. The number of ether oxygens (including phenoxy) is 1. The van der Waals surface area contributed by atoms with E-state index in [4.69, 9.17) is 4.74 Å². The quantitative estimate of drug-likeness (QED) is 0.665. The molecule has 0 saturated carbocycles. The lowest BCUT2D eigenvalue weighted by Crippen LogP contribution is -2.43. The first-order valence-electron chi connectivity index (χ1n) is 9.79. The van der Waals surface area contributed by atoms with Crippen LogP contribution in [0.25, 0.3) is 11.3 Å². The van der Waals surface area contributed by atoms with Gasteiger partial charge in [-0.05, 0) is 78.7 Å². The molecule has 2 aromatic rings. The summed E-state index contributed by atoms with van der Waals surface area (Å²) in [4.78, 5) is 19.5. The van der Waals surface area contributed by atoms with Gasteiger partial charge in [-0.1, -0.05) is 13.8 Å². The molecule has 1 aromatic heterocycles. The molecule has 28 heavy (non-hydrogen) atoms. The number of fused-ring (bicyclic) bond motifs is 3. The van der Waals surface area contributed by atoms with Crippen molar-refractivity contribution in [1.29, 1.82) is 0 Å².